The topological polar surface area (TPSA) is 96.7 Å². The van der Waals surface area contributed by atoms with Gasteiger partial charge in [0.25, 0.3) is 0 Å². The molecule has 0 fully saturated rings. The van der Waals surface area contributed by atoms with Crippen LogP contribution in [0.3, 0.4) is 0 Å². The number of guanidine groups is 1. The second kappa shape index (κ2) is 4.95. The molecule has 0 aliphatic carbocycles. The molecule has 0 amide bonds. The van der Waals surface area contributed by atoms with Gasteiger partial charge in [-0.3, -0.25) is 5.43 Å². The molecule has 0 aliphatic heterocycles. The number of nitrogens with one attached hydrogen (secondary N) is 1. The molecule has 0 saturated heterocycles. The van der Waals surface area contributed by atoms with Crippen molar-refractivity contribution in [1.29, 1.82) is 0 Å². The van der Waals surface area contributed by atoms with Gasteiger partial charge in [0, 0.05) is 0 Å². The Morgan fingerprint density at radius 1 is 1.67 bits per heavy atom. The summed E-state index contributed by atoms with van der Waals surface area (Å²) in [6.07, 6.45) is 1.62. The highest BCUT2D eigenvalue weighted by Crippen LogP contribution is 2.11. The van der Waals surface area contributed by atoms with Gasteiger partial charge in [-0.05, 0) is 13.3 Å². The van der Waals surface area contributed by atoms with Gasteiger partial charge >= 0.3 is 0 Å². The molecule has 0 saturated carbocycles. The normalized spacial score (nSPS) is 17.2. The first-order chi connectivity index (χ1) is 5.52. The number of hydrogen-bond donors (Lipinski definition) is 4. The van der Waals surface area contributed by atoms with Gasteiger partial charge in [0.15, 0.2) is 0 Å². The molecule has 0 rings (SSSR count). The van der Waals surface area contributed by atoms with Crippen molar-refractivity contribution in [3.8, 4) is 0 Å². The maximum absolute atomic E-state index is 9.63. The van der Waals surface area contributed by atoms with E-state index in [1.165, 1.54) is 0 Å². The van der Waals surface area contributed by atoms with E-state index in [1.807, 2.05) is 6.92 Å². The highest BCUT2D eigenvalue weighted by Gasteiger charge is 2.17. The van der Waals surface area contributed by atoms with Crippen molar-refractivity contribution in [2.75, 3.05) is 6.54 Å². The number of aliphatic imine (C=N–C) groups is 1. The number of nitrogens with zero attached hydrogens (tertiary/aromatic N) is 1. The fourth-order valence-electron chi connectivity index (χ4n) is 0.919. The van der Waals surface area contributed by atoms with Crippen molar-refractivity contribution in [2.24, 2.45) is 16.6 Å². The summed E-state index contributed by atoms with van der Waals surface area (Å²) in [5.41, 5.74) is 6.69. The Labute approximate surface area is 72.8 Å². The van der Waals surface area contributed by atoms with Crippen LogP contribution in [0.1, 0.15) is 26.7 Å². The smallest absolute Gasteiger partial charge is 0.203 e. The molecule has 0 aromatic rings. The SMILES string of the molecule is CCCC(C)(O)CN=C(N)NN. The van der Waals surface area contributed by atoms with E-state index in [0.717, 1.165) is 6.42 Å². The molecule has 0 aromatic heterocycles. The standard InChI is InChI=1S/C7H18N4O/c1-3-4-7(2,12)5-10-6(8)11-9/h12H,3-5,9H2,1-2H3,(H3,8,10,11). The minimum atomic E-state index is -0.782. The first-order valence-corrected chi connectivity index (χ1v) is 4.01. The molecule has 0 heterocycles. The lowest BCUT2D eigenvalue weighted by Crippen LogP contribution is -2.39. The van der Waals surface area contributed by atoms with Crippen molar-refractivity contribution in [1.82, 2.24) is 5.43 Å². The lowest BCUT2D eigenvalue weighted by atomic mass is 10.0. The van der Waals surface area contributed by atoms with Gasteiger partial charge in [0.1, 0.15) is 0 Å². The van der Waals surface area contributed by atoms with E-state index in [-0.39, 0.29) is 12.5 Å². The Morgan fingerprint density at radius 2 is 2.25 bits per heavy atom. The van der Waals surface area contributed by atoms with Crippen LogP contribution in [-0.2, 0) is 0 Å². The average Bonchev–Trinajstić information content (AvgIpc) is 2.00. The zero-order valence-electron chi connectivity index (χ0n) is 7.67. The van der Waals surface area contributed by atoms with E-state index < -0.39 is 5.60 Å². The van der Waals surface area contributed by atoms with Crippen LogP contribution in [0.5, 0.6) is 0 Å². The number of nitrogens with two attached hydrogens (primary N) is 2. The molecular formula is C7H18N4O. The summed E-state index contributed by atoms with van der Waals surface area (Å²) in [5, 5.41) is 9.63. The van der Waals surface area contributed by atoms with Crippen LogP contribution in [0.4, 0.5) is 0 Å². The third-order valence-electron chi connectivity index (χ3n) is 1.53. The van der Waals surface area contributed by atoms with Crippen LogP contribution in [0.25, 0.3) is 0 Å². The van der Waals surface area contributed by atoms with Crippen LogP contribution < -0.4 is 17.0 Å². The second-order valence-electron chi connectivity index (χ2n) is 3.09. The fraction of sp³-hybridized carbons (Fsp3) is 0.857. The van der Waals surface area contributed by atoms with Gasteiger partial charge in [-0.2, -0.15) is 0 Å². The van der Waals surface area contributed by atoms with Gasteiger partial charge < -0.3 is 10.8 Å². The third kappa shape index (κ3) is 4.92. The van der Waals surface area contributed by atoms with E-state index in [4.69, 9.17) is 11.6 Å². The van der Waals surface area contributed by atoms with E-state index in [2.05, 4.69) is 10.4 Å². The van der Waals surface area contributed by atoms with Crippen LogP contribution in [0.2, 0.25) is 0 Å². The summed E-state index contributed by atoms with van der Waals surface area (Å²) < 4.78 is 0. The van der Waals surface area contributed by atoms with Crippen molar-refractivity contribution >= 4 is 5.96 Å². The van der Waals surface area contributed by atoms with E-state index in [0.29, 0.717) is 6.42 Å². The average molecular weight is 174 g/mol. The summed E-state index contributed by atoms with van der Waals surface area (Å²) >= 11 is 0. The van der Waals surface area contributed by atoms with E-state index in [1.54, 1.807) is 6.92 Å². The molecule has 0 radical (unpaired) electrons. The lowest BCUT2D eigenvalue weighted by molar-refractivity contribution is 0.0597. The number of hydrazine groups is 1. The van der Waals surface area contributed by atoms with Crippen molar-refractivity contribution in [3.05, 3.63) is 0 Å². The first-order valence-electron chi connectivity index (χ1n) is 4.01. The molecule has 6 N–H and O–H groups in total. The van der Waals surface area contributed by atoms with Crippen LogP contribution in [0, 0.1) is 0 Å². The first kappa shape index (κ1) is 11.2. The van der Waals surface area contributed by atoms with Crippen molar-refractivity contribution in [3.63, 3.8) is 0 Å². The van der Waals surface area contributed by atoms with Gasteiger partial charge in [-0.15, -0.1) is 0 Å². The van der Waals surface area contributed by atoms with Gasteiger partial charge in [-0.1, -0.05) is 13.3 Å². The van der Waals surface area contributed by atoms with Crippen molar-refractivity contribution in [2.45, 2.75) is 32.3 Å². The van der Waals surface area contributed by atoms with Gasteiger partial charge in [0.05, 0.1) is 12.1 Å². The van der Waals surface area contributed by atoms with Crippen LogP contribution in [0.15, 0.2) is 4.99 Å². The molecule has 72 valence electrons. The Bertz CT molecular complexity index is 155. The molecule has 1 atom stereocenters. The summed E-state index contributed by atoms with van der Waals surface area (Å²) in [5.74, 6) is 5.13. The maximum atomic E-state index is 9.63. The largest absolute Gasteiger partial charge is 0.388 e. The van der Waals surface area contributed by atoms with Crippen LogP contribution in [-0.4, -0.2) is 23.2 Å². The third-order valence-corrected chi connectivity index (χ3v) is 1.53. The highest BCUT2D eigenvalue weighted by molar-refractivity contribution is 5.77. The fourth-order valence-corrected chi connectivity index (χ4v) is 0.919. The van der Waals surface area contributed by atoms with Crippen LogP contribution >= 0.6 is 0 Å². The molecule has 12 heavy (non-hydrogen) atoms. The summed E-state index contributed by atoms with van der Waals surface area (Å²) in [4.78, 5) is 3.84. The summed E-state index contributed by atoms with van der Waals surface area (Å²) in [6, 6.07) is 0. The molecule has 0 aliphatic rings. The van der Waals surface area contributed by atoms with E-state index in [9.17, 15) is 5.11 Å². The second-order valence-corrected chi connectivity index (χ2v) is 3.09. The molecule has 0 bridgehead atoms. The van der Waals surface area contributed by atoms with E-state index >= 15 is 0 Å². The quantitative estimate of drug-likeness (QED) is 0.196. The molecular weight excluding hydrogens is 156 g/mol. The van der Waals surface area contributed by atoms with Gasteiger partial charge in [-0.25, -0.2) is 10.8 Å². The number of aliphatic hydroxyl groups is 1. The molecule has 5 heteroatoms. The molecule has 5 nitrogen and oxygen atoms in total. The Kier molecular flexibility index (Phi) is 4.61. The number of rotatable bonds is 4. The summed E-state index contributed by atoms with van der Waals surface area (Å²) in [6.45, 7) is 4.00. The lowest BCUT2D eigenvalue weighted by Gasteiger charge is -2.19. The predicted molar refractivity (Wildman–Crippen MR) is 49.3 cm³/mol. The molecule has 0 spiro atoms. The monoisotopic (exact) mass is 174 g/mol. The Hall–Kier alpha value is -0.810. The minimum Gasteiger partial charge on any atom is -0.388 e. The maximum Gasteiger partial charge on any atom is 0.203 e. The van der Waals surface area contributed by atoms with Crippen molar-refractivity contribution < 1.29 is 5.11 Å². The predicted octanol–water partition coefficient (Wildman–Crippen LogP) is -0.684. The zero-order valence-corrected chi connectivity index (χ0v) is 7.67. The number of hydrogen-bond acceptors (Lipinski definition) is 3. The summed E-state index contributed by atoms with van der Waals surface area (Å²) in [7, 11) is 0. The minimum absolute atomic E-state index is 0.145. The molecule has 1 unspecified atom stereocenters. The highest BCUT2D eigenvalue weighted by atomic mass is 16.3. The zero-order chi connectivity index (χ0) is 9.61. The Morgan fingerprint density at radius 3 is 2.67 bits per heavy atom. The van der Waals surface area contributed by atoms with Gasteiger partial charge in [0.2, 0.25) is 5.96 Å². The Balaban J connectivity index is 3.89. The molecule has 0 aromatic carbocycles.